The number of fused-ring (bicyclic) bond motifs is 1. The Kier molecular flexibility index (Phi) is 5.80. The predicted molar refractivity (Wildman–Crippen MR) is 101 cm³/mol. The molecular formula is C20H22N2O5. The van der Waals surface area contributed by atoms with Gasteiger partial charge in [0.25, 0.3) is 11.8 Å². The summed E-state index contributed by atoms with van der Waals surface area (Å²) in [6.45, 7) is 3.33. The zero-order valence-corrected chi connectivity index (χ0v) is 15.4. The molecule has 0 bridgehead atoms. The Balaban J connectivity index is 1.67. The van der Waals surface area contributed by atoms with Gasteiger partial charge >= 0.3 is 0 Å². The number of methoxy groups -OCH3 is 1. The Bertz CT molecular complexity index is 837. The Morgan fingerprint density at radius 2 is 2.00 bits per heavy atom. The molecule has 1 heterocycles. The predicted octanol–water partition coefficient (Wildman–Crippen LogP) is 2.57. The van der Waals surface area contributed by atoms with E-state index in [-0.39, 0.29) is 18.4 Å². The number of benzene rings is 2. The lowest BCUT2D eigenvalue weighted by molar-refractivity contribution is -0.118. The summed E-state index contributed by atoms with van der Waals surface area (Å²) in [5, 5.41) is 2.74. The van der Waals surface area contributed by atoms with E-state index in [2.05, 4.69) is 5.32 Å². The molecule has 0 radical (unpaired) electrons. The van der Waals surface area contributed by atoms with Crippen LogP contribution < -0.4 is 19.5 Å². The van der Waals surface area contributed by atoms with Crippen LogP contribution in [-0.4, -0.2) is 50.1 Å². The van der Waals surface area contributed by atoms with Crippen molar-refractivity contribution < 1.29 is 23.8 Å². The third kappa shape index (κ3) is 4.31. The Morgan fingerprint density at radius 3 is 2.74 bits per heavy atom. The molecule has 2 aromatic rings. The number of amides is 2. The van der Waals surface area contributed by atoms with E-state index >= 15 is 0 Å². The number of hydrogen-bond donors (Lipinski definition) is 1. The first-order chi connectivity index (χ1) is 13.1. The second-order valence-corrected chi connectivity index (χ2v) is 5.93. The van der Waals surface area contributed by atoms with Crippen LogP contribution in [0.15, 0.2) is 42.5 Å². The molecule has 7 heteroatoms. The highest BCUT2D eigenvalue weighted by Crippen LogP contribution is 2.27. The molecule has 142 valence electrons. The molecule has 0 saturated carbocycles. The quantitative estimate of drug-likeness (QED) is 0.846. The minimum absolute atomic E-state index is 0.105. The Hall–Kier alpha value is -3.22. The summed E-state index contributed by atoms with van der Waals surface area (Å²) in [6.07, 6.45) is 0. The maximum absolute atomic E-state index is 12.6. The van der Waals surface area contributed by atoms with E-state index in [0.717, 1.165) is 0 Å². The average Bonchev–Trinajstić information content (AvgIpc) is 2.85. The number of nitrogens with one attached hydrogen (secondary N) is 1. The number of likely N-dealkylation sites (N-methyl/N-ethyl adjacent to an activating group) is 1. The van der Waals surface area contributed by atoms with E-state index in [1.54, 1.807) is 41.3 Å². The van der Waals surface area contributed by atoms with Crippen LogP contribution in [-0.2, 0) is 4.79 Å². The van der Waals surface area contributed by atoms with Gasteiger partial charge in [0.2, 0.25) is 0 Å². The number of carbonyl (C=O) groups excluding carboxylic acids is 2. The van der Waals surface area contributed by atoms with E-state index in [4.69, 9.17) is 14.2 Å². The number of nitrogens with zero attached hydrogens (tertiary/aromatic N) is 1. The van der Waals surface area contributed by atoms with Crippen molar-refractivity contribution >= 4 is 17.5 Å². The SMILES string of the molecule is CCN1CCOc2ccc(NC(=O)COc3ccccc3OC)cc2C1=O. The van der Waals surface area contributed by atoms with E-state index < -0.39 is 0 Å². The Morgan fingerprint density at radius 1 is 1.22 bits per heavy atom. The highest BCUT2D eigenvalue weighted by Gasteiger charge is 2.23. The summed E-state index contributed by atoms with van der Waals surface area (Å²) in [4.78, 5) is 26.5. The van der Waals surface area contributed by atoms with Crippen molar-refractivity contribution in [1.82, 2.24) is 4.90 Å². The lowest BCUT2D eigenvalue weighted by atomic mass is 10.1. The topological polar surface area (TPSA) is 77.1 Å². The molecule has 3 rings (SSSR count). The zero-order chi connectivity index (χ0) is 19.2. The van der Waals surface area contributed by atoms with Gasteiger partial charge in [-0.3, -0.25) is 9.59 Å². The molecule has 0 saturated heterocycles. The maximum Gasteiger partial charge on any atom is 0.262 e. The molecule has 1 aliphatic heterocycles. The van der Waals surface area contributed by atoms with Crippen LogP contribution in [0.3, 0.4) is 0 Å². The zero-order valence-electron chi connectivity index (χ0n) is 15.4. The van der Waals surface area contributed by atoms with Gasteiger partial charge in [-0.05, 0) is 37.3 Å². The lowest BCUT2D eigenvalue weighted by Gasteiger charge is -2.17. The molecule has 0 aliphatic carbocycles. The second kappa shape index (κ2) is 8.44. The molecule has 1 aliphatic rings. The smallest absolute Gasteiger partial charge is 0.262 e. The van der Waals surface area contributed by atoms with Gasteiger partial charge in [-0.2, -0.15) is 0 Å². The third-order valence-electron chi connectivity index (χ3n) is 4.21. The standard InChI is InChI=1S/C20H22N2O5/c1-3-22-10-11-26-16-9-8-14(12-15(16)20(22)24)21-19(23)13-27-18-7-5-4-6-17(18)25-2/h4-9,12H,3,10-11,13H2,1-2H3,(H,21,23). The van der Waals surface area contributed by atoms with Crippen LogP contribution in [0.25, 0.3) is 0 Å². The van der Waals surface area contributed by atoms with E-state index in [9.17, 15) is 9.59 Å². The summed E-state index contributed by atoms with van der Waals surface area (Å²) in [7, 11) is 1.54. The maximum atomic E-state index is 12.6. The molecule has 7 nitrogen and oxygen atoms in total. The first-order valence-electron chi connectivity index (χ1n) is 8.74. The highest BCUT2D eigenvalue weighted by molar-refractivity contribution is 6.00. The van der Waals surface area contributed by atoms with Gasteiger partial charge in [-0.15, -0.1) is 0 Å². The third-order valence-corrected chi connectivity index (χ3v) is 4.21. The number of carbonyl (C=O) groups is 2. The molecule has 0 aromatic heterocycles. The van der Waals surface area contributed by atoms with Crippen molar-refractivity contribution in [2.75, 3.05) is 38.7 Å². The van der Waals surface area contributed by atoms with Gasteiger partial charge in [-0.25, -0.2) is 0 Å². The normalized spacial score (nSPS) is 13.3. The van der Waals surface area contributed by atoms with Gasteiger partial charge in [0.15, 0.2) is 18.1 Å². The van der Waals surface area contributed by atoms with Crippen LogP contribution in [0, 0.1) is 0 Å². The minimum atomic E-state index is -0.338. The monoisotopic (exact) mass is 370 g/mol. The summed E-state index contributed by atoms with van der Waals surface area (Å²) in [5.74, 6) is 1.12. The fourth-order valence-corrected chi connectivity index (χ4v) is 2.82. The van der Waals surface area contributed by atoms with Gasteiger partial charge in [0, 0.05) is 12.2 Å². The number of rotatable bonds is 6. The van der Waals surface area contributed by atoms with E-state index in [1.165, 1.54) is 7.11 Å². The van der Waals surface area contributed by atoms with Crippen molar-refractivity contribution in [3.63, 3.8) is 0 Å². The van der Waals surface area contributed by atoms with Gasteiger partial charge in [-0.1, -0.05) is 12.1 Å². The fraction of sp³-hybridized carbons (Fsp3) is 0.300. The summed E-state index contributed by atoms with van der Waals surface area (Å²) in [6, 6.07) is 12.1. The molecule has 2 aromatic carbocycles. The summed E-state index contributed by atoms with van der Waals surface area (Å²) >= 11 is 0. The van der Waals surface area contributed by atoms with Crippen molar-refractivity contribution in [3.05, 3.63) is 48.0 Å². The van der Waals surface area contributed by atoms with E-state index in [0.29, 0.717) is 48.2 Å². The van der Waals surface area contributed by atoms with E-state index in [1.807, 2.05) is 13.0 Å². The van der Waals surface area contributed by atoms with Crippen molar-refractivity contribution in [3.8, 4) is 17.2 Å². The fourth-order valence-electron chi connectivity index (χ4n) is 2.82. The first kappa shape index (κ1) is 18.6. The van der Waals surface area contributed by atoms with Crippen molar-refractivity contribution in [2.45, 2.75) is 6.92 Å². The second-order valence-electron chi connectivity index (χ2n) is 5.93. The lowest BCUT2D eigenvalue weighted by Crippen LogP contribution is -2.32. The molecule has 0 fully saturated rings. The van der Waals surface area contributed by atoms with Crippen LogP contribution in [0.2, 0.25) is 0 Å². The number of anilines is 1. The van der Waals surface area contributed by atoms with Crippen LogP contribution in [0.4, 0.5) is 5.69 Å². The van der Waals surface area contributed by atoms with Gasteiger partial charge in [0.1, 0.15) is 12.4 Å². The average molecular weight is 370 g/mol. The molecule has 2 amide bonds. The molecular weight excluding hydrogens is 348 g/mol. The molecule has 0 atom stereocenters. The molecule has 27 heavy (non-hydrogen) atoms. The largest absolute Gasteiger partial charge is 0.493 e. The van der Waals surface area contributed by atoms with Crippen LogP contribution in [0.1, 0.15) is 17.3 Å². The van der Waals surface area contributed by atoms with Gasteiger partial charge < -0.3 is 24.4 Å². The number of para-hydroxylation sites is 2. The molecule has 0 spiro atoms. The number of ether oxygens (including phenoxy) is 3. The van der Waals surface area contributed by atoms with Gasteiger partial charge in [0.05, 0.1) is 19.2 Å². The molecule has 1 N–H and O–H groups in total. The Labute approximate surface area is 157 Å². The highest BCUT2D eigenvalue weighted by atomic mass is 16.5. The molecule has 0 unspecified atom stereocenters. The van der Waals surface area contributed by atoms with Crippen LogP contribution in [0.5, 0.6) is 17.2 Å². The number of hydrogen-bond acceptors (Lipinski definition) is 5. The summed E-state index contributed by atoms with van der Waals surface area (Å²) < 4.78 is 16.3. The summed E-state index contributed by atoms with van der Waals surface area (Å²) in [5.41, 5.74) is 0.954. The van der Waals surface area contributed by atoms with Crippen molar-refractivity contribution in [2.24, 2.45) is 0 Å². The minimum Gasteiger partial charge on any atom is -0.493 e. The van der Waals surface area contributed by atoms with Crippen LogP contribution >= 0.6 is 0 Å². The first-order valence-corrected chi connectivity index (χ1v) is 8.74. The van der Waals surface area contributed by atoms with Crippen molar-refractivity contribution in [1.29, 1.82) is 0 Å².